The highest BCUT2D eigenvalue weighted by molar-refractivity contribution is 5.86. The number of carbonyl (C=O) groups excluding carboxylic acids is 1. The van der Waals surface area contributed by atoms with E-state index in [4.69, 9.17) is 8.83 Å². The summed E-state index contributed by atoms with van der Waals surface area (Å²) in [6, 6.07) is 7.26. The smallest absolute Gasteiger partial charge is 0.373 e. The summed E-state index contributed by atoms with van der Waals surface area (Å²) in [5, 5.41) is 3.36. The maximum absolute atomic E-state index is 11.3. The monoisotopic (exact) mass is 277 g/mol. The van der Waals surface area contributed by atoms with Gasteiger partial charge in [-0.25, -0.2) is 4.79 Å². The van der Waals surface area contributed by atoms with Crippen LogP contribution in [0.25, 0.3) is 0 Å². The highest BCUT2D eigenvalue weighted by atomic mass is 16.5. The lowest BCUT2D eigenvalue weighted by Gasteiger charge is -2.16. The molecule has 2 heterocycles. The van der Waals surface area contributed by atoms with E-state index in [9.17, 15) is 4.79 Å². The number of aryl methyl sites for hydroxylation is 1. The summed E-state index contributed by atoms with van der Waals surface area (Å²) in [6.45, 7) is 5.89. The van der Waals surface area contributed by atoms with Gasteiger partial charge >= 0.3 is 5.97 Å². The van der Waals surface area contributed by atoms with Crippen LogP contribution in [0.3, 0.4) is 0 Å². The molecule has 5 heteroatoms. The third-order valence-corrected chi connectivity index (χ3v) is 3.13. The molecule has 20 heavy (non-hydrogen) atoms. The fourth-order valence-corrected chi connectivity index (χ4v) is 2.02. The summed E-state index contributed by atoms with van der Waals surface area (Å²) in [7, 11) is 1.33. The zero-order valence-electron chi connectivity index (χ0n) is 12.1. The molecule has 0 unspecified atom stereocenters. The second kappa shape index (κ2) is 5.96. The lowest BCUT2D eigenvalue weighted by Crippen LogP contribution is -2.21. The van der Waals surface area contributed by atoms with E-state index in [-0.39, 0.29) is 17.8 Å². The Kier molecular flexibility index (Phi) is 4.29. The van der Waals surface area contributed by atoms with E-state index in [2.05, 4.69) is 10.1 Å². The van der Waals surface area contributed by atoms with Crippen molar-refractivity contribution in [3.63, 3.8) is 0 Å². The van der Waals surface area contributed by atoms with Gasteiger partial charge in [0.25, 0.3) is 0 Å². The van der Waals surface area contributed by atoms with Crippen molar-refractivity contribution in [3.05, 3.63) is 47.3 Å². The van der Waals surface area contributed by atoms with Crippen molar-refractivity contribution in [3.8, 4) is 0 Å². The first kappa shape index (κ1) is 14.4. The molecule has 0 aliphatic carbocycles. The Labute approximate surface area is 117 Å². The standard InChI is InChI=1S/C15H19NO4/c1-9-5-6-12(19-9)10(2)16-11(3)13-7-8-14(20-13)15(17)18-4/h5-8,10-11,16H,1-4H3/t10-,11-/m1/s1. The van der Waals surface area contributed by atoms with E-state index < -0.39 is 5.97 Å². The van der Waals surface area contributed by atoms with Gasteiger partial charge in [0.15, 0.2) is 0 Å². The molecule has 0 aromatic carbocycles. The van der Waals surface area contributed by atoms with E-state index in [1.54, 1.807) is 12.1 Å². The van der Waals surface area contributed by atoms with Gasteiger partial charge in [-0.15, -0.1) is 0 Å². The quantitative estimate of drug-likeness (QED) is 0.849. The Bertz CT molecular complexity index is 584. The van der Waals surface area contributed by atoms with E-state index in [0.717, 1.165) is 11.5 Å². The van der Waals surface area contributed by atoms with E-state index in [0.29, 0.717) is 5.76 Å². The van der Waals surface area contributed by atoms with E-state index in [1.165, 1.54) is 7.11 Å². The Morgan fingerprint density at radius 1 is 1.10 bits per heavy atom. The van der Waals surface area contributed by atoms with Crippen LogP contribution >= 0.6 is 0 Å². The number of furan rings is 2. The molecule has 0 spiro atoms. The Morgan fingerprint density at radius 2 is 1.70 bits per heavy atom. The molecule has 0 fully saturated rings. The highest BCUT2D eigenvalue weighted by Crippen LogP contribution is 2.22. The van der Waals surface area contributed by atoms with Crippen molar-refractivity contribution in [2.45, 2.75) is 32.9 Å². The predicted octanol–water partition coefficient (Wildman–Crippen LogP) is 3.38. The summed E-state index contributed by atoms with van der Waals surface area (Å²) in [5.74, 6) is 2.16. The highest BCUT2D eigenvalue weighted by Gasteiger charge is 2.18. The molecule has 0 saturated carbocycles. The normalized spacial score (nSPS) is 14.0. The number of hydrogen-bond donors (Lipinski definition) is 1. The summed E-state index contributed by atoms with van der Waals surface area (Å²) in [5.41, 5.74) is 0. The molecule has 1 N–H and O–H groups in total. The molecule has 2 atom stereocenters. The maximum Gasteiger partial charge on any atom is 0.373 e. The predicted molar refractivity (Wildman–Crippen MR) is 73.5 cm³/mol. The van der Waals surface area contributed by atoms with Gasteiger partial charge in [-0.3, -0.25) is 5.32 Å². The molecule has 0 saturated heterocycles. The third kappa shape index (κ3) is 3.11. The largest absolute Gasteiger partial charge is 0.465 e. The number of esters is 1. The minimum atomic E-state index is -0.474. The van der Waals surface area contributed by atoms with Gasteiger partial charge in [-0.1, -0.05) is 0 Å². The van der Waals surface area contributed by atoms with Crippen molar-refractivity contribution in [2.75, 3.05) is 7.11 Å². The van der Waals surface area contributed by atoms with Crippen LogP contribution in [0, 0.1) is 6.92 Å². The second-order valence-electron chi connectivity index (χ2n) is 4.75. The molecule has 0 aliphatic heterocycles. The Morgan fingerprint density at radius 3 is 2.25 bits per heavy atom. The van der Waals surface area contributed by atoms with E-state index >= 15 is 0 Å². The molecular formula is C15H19NO4. The fraction of sp³-hybridized carbons (Fsp3) is 0.400. The third-order valence-electron chi connectivity index (χ3n) is 3.13. The lowest BCUT2D eigenvalue weighted by atomic mass is 10.2. The van der Waals surface area contributed by atoms with Crippen LogP contribution in [0.15, 0.2) is 33.1 Å². The first-order valence-corrected chi connectivity index (χ1v) is 6.51. The number of nitrogens with one attached hydrogen (secondary N) is 1. The van der Waals surface area contributed by atoms with Crippen LogP contribution in [0.2, 0.25) is 0 Å². The topological polar surface area (TPSA) is 64.6 Å². The van der Waals surface area contributed by atoms with Gasteiger partial charge in [0, 0.05) is 0 Å². The minimum absolute atomic E-state index is 0.0466. The molecule has 0 amide bonds. The van der Waals surface area contributed by atoms with E-state index in [1.807, 2.05) is 32.9 Å². The average molecular weight is 277 g/mol. The summed E-state index contributed by atoms with van der Waals surface area (Å²) in [6.07, 6.45) is 0. The molecule has 0 bridgehead atoms. The minimum Gasteiger partial charge on any atom is -0.465 e. The van der Waals surface area contributed by atoms with Crippen LogP contribution in [-0.4, -0.2) is 13.1 Å². The molecular weight excluding hydrogens is 258 g/mol. The first-order valence-electron chi connectivity index (χ1n) is 6.51. The van der Waals surface area contributed by atoms with Gasteiger partial charge in [0.2, 0.25) is 5.76 Å². The molecule has 2 aromatic heterocycles. The molecule has 5 nitrogen and oxygen atoms in total. The fourth-order valence-electron chi connectivity index (χ4n) is 2.02. The molecule has 0 aliphatic rings. The number of hydrogen-bond acceptors (Lipinski definition) is 5. The molecule has 2 aromatic rings. The number of methoxy groups -OCH3 is 1. The summed E-state index contributed by atoms with van der Waals surface area (Å²) >= 11 is 0. The molecule has 2 rings (SSSR count). The van der Waals surface area contributed by atoms with Crippen LogP contribution in [-0.2, 0) is 4.74 Å². The van der Waals surface area contributed by atoms with Crippen LogP contribution < -0.4 is 5.32 Å². The number of rotatable bonds is 5. The number of carbonyl (C=O) groups is 1. The van der Waals surface area contributed by atoms with Gasteiger partial charge in [0.1, 0.15) is 17.3 Å². The van der Waals surface area contributed by atoms with Gasteiger partial charge in [0.05, 0.1) is 19.2 Å². The SMILES string of the molecule is COC(=O)c1ccc([C@@H](C)N[C@H](C)c2ccc(C)o2)o1. The van der Waals surface area contributed by atoms with Crippen LogP contribution in [0.1, 0.15) is 53.8 Å². The van der Waals surface area contributed by atoms with Crippen molar-refractivity contribution < 1.29 is 18.4 Å². The van der Waals surface area contributed by atoms with Crippen LogP contribution in [0.4, 0.5) is 0 Å². The molecule has 108 valence electrons. The van der Waals surface area contributed by atoms with Crippen molar-refractivity contribution in [1.82, 2.24) is 5.32 Å². The zero-order chi connectivity index (χ0) is 14.7. The Hall–Kier alpha value is -2.01. The first-order chi connectivity index (χ1) is 9.51. The lowest BCUT2D eigenvalue weighted by molar-refractivity contribution is 0.0562. The van der Waals surface area contributed by atoms with Crippen molar-refractivity contribution in [1.29, 1.82) is 0 Å². The van der Waals surface area contributed by atoms with Crippen LogP contribution in [0.5, 0.6) is 0 Å². The van der Waals surface area contributed by atoms with Crippen molar-refractivity contribution in [2.24, 2.45) is 0 Å². The van der Waals surface area contributed by atoms with Gasteiger partial charge in [-0.05, 0) is 45.0 Å². The van der Waals surface area contributed by atoms with Crippen molar-refractivity contribution >= 4 is 5.97 Å². The summed E-state index contributed by atoms with van der Waals surface area (Å²) in [4.78, 5) is 11.3. The molecule has 0 radical (unpaired) electrons. The van der Waals surface area contributed by atoms with Gasteiger partial charge in [-0.2, -0.15) is 0 Å². The zero-order valence-corrected chi connectivity index (χ0v) is 12.1. The average Bonchev–Trinajstić information content (AvgIpc) is 3.06. The maximum atomic E-state index is 11.3. The number of ether oxygens (including phenoxy) is 1. The second-order valence-corrected chi connectivity index (χ2v) is 4.75. The summed E-state index contributed by atoms with van der Waals surface area (Å²) < 4.78 is 15.7. The Balaban J connectivity index is 2.02. The van der Waals surface area contributed by atoms with Gasteiger partial charge < -0.3 is 13.6 Å².